The Morgan fingerprint density at radius 3 is 2.64 bits per heavy atom. The SMILES string of the molecule is Cc1noc(C)c1NC(=O)c1oc2ccccc2c1CSc1ccccc1F. The summed E-state index contributed by atoms with van der Waals surface area (Å²) in [5.41, 5.74) is 2.44. The number of nitrogens with one attached hydrogen (secondary N) is 1. The molecule has 0 atom stereocenters. The number of hydrogen-bond acceptors (Lipinski definition) is 5. The monoisotopic (exact) mass is 396 g/mol. The van der Waals surface area contributed by atoms with Gasteiger partial charge in [-0.2, -0.15) is 0 Å². The van der Waals surface area contributed by atoms with Gasteiger partial charge >= 0.3 is 0 Å². The van der Waals surface area contributed by atoms with E-state index in [0.29, 0.717) is 38.9 Å². The third-order valence-corrected chi connectivity index (χ3v) is 5.46. The molecule has 0 radical (unpaired) electrons. The molecule has 142 valence electrons. The van der Waals surface area contributed by atoms with Crippen molar-refractivity contribution in [1.29, 1.82) is 0 Å². The highest BCUT2D eigenvalue weighted by Crippen LogP contribution is 2.33. The summed E-state index contributed by atoms with van der Waals surface area (Å²) in [5, 5.41) is 7.49. The molecule has 0 aliphatic rings. The molecule has 4 aromatic rings. The minimum Gasteiger partial charge on any atom is -0.451 e. The van der Waals surface area contributed by atoms with Crippen LogP contribution in [0, 0.1) is 19.7 Å². The largest absolute Gasteiger partial charge is 0.451 e. The lowest BCUT2D eigenvalue weighted by atomic mass is 10.1. The molecule has 4 rings (SSSR count). The highest BCUT2D eigenvalue weighted by molar-refractivity contribution is 7.98. The molecule has 2 heterocycles. The Hall–Kier alpha value is -3.06. The molecule has 28 heavy (non-hydrogen) atoms. The maximum absolute atomic E-state index is 14.0. The van der Waals surface area contributed by atoms with Crippen molar-refractivity contribution in [2.24, 2.45) is 0 Å². The number of anilines is 1. The molecule has 7 heteroatoms. The van der Waals surface area contributed by atoms with E-state index in [9.17, 15) is 9.18 Å². The van der Waals surface area contributed by atoms with Gasteiger partial charge in [-0.05, 0) is 32.0 Å². The number of fused-ring (bicyclic) bond motifs is 1. The summed E-state index contributed by atoms with van der Waals surface area (Å²) in [6, 6.07) is 14.0. The summed E-state index contributed by atoms with van der Waals surface area (Å²) in [4.78, 5) is 13.4. The maximum Gasteiger partial charge on any atom is 0.291 e. The van der Waals surface area contributed by atoms with Crippen molar-refractivity contribution in [1.82, 2.24) is 5.16 Å². The minimum absolute atomic E-state index is 0.199. The average molecular weight is 396 g/mol. The molecule has 1 amide bonds. The van der Waals surface area contributed by atoms with Gasteiger partial charge in [0.05, 0.1) is 0 Å². The fourth-order valence-electron chi connectivity index (χ4n) is 2.97. The van der Waals surface area contributed by atoms with Gasteiger partial charge in [0, 0.05) is 21.6 Å². The predicted octanol–water partition coefficient (Wildman–Crippen LogP) is 5.72. The minimum atomic E-state index is -0.394. The first-order chi connectivity index (χ1) is 13.5. The quantitative estimate of drug-likeness (QED) is 0.437. The Bertz CT molecular complexity index is 1150. The molecule has 2 aromatic heterocycles. The molecule has 0 fully saturated rings. The summed E-state index contributed by atoms with van der Waals surface area (Å²) in [5.74, 6) is 0.425. The van der Waals surface area contributed by atoms with Gasteiger partial charge in [-0.15, -0.1) is 11.8 Å². The number of amides is 1. The first kappa shape index (κ1) is 18.3. The van der Waals surface area contributed by atoms with Crippen molar-refractivity contribution in [2.75, 3.05) is 5.32 Å². The first-order valence-electron chi connectivity index (χ1n) is 8.66. The van der Waals surface area contributed by atoms with Crippen molar-refractivity contribution in [3.63, 3.8) is 0 Å². The topological polar surface area (TPSA) is 68.3 Å². The number of benzene rings is 2. The van der Waals surface area contributed by atoms with E-state index in [1.165, 1.54) is 17.8 Å². The van der Waals surface area contributed by atoms with E-state index in [0.717, 1.165) is 5.39 Å². The Morgan fingerprint density at radius 2 is 1.89 bits per heavy atom. The molecule has 5 nitrogen and oxygen atoms in total. The van der Waals surface area contributed by atoms with Crippen LogP contribution in [-0.2, 0) is 5.75 Å². The average Bonchev–Trinajstić information content (AvgIpc) is 3.22. The Labute approximate surface area is 164 Å². The standard InChI is InChI=1S/C21H17FN2O3S/c1-12-19(13(2)27-24-12)23-21(25)20-15(14-7-3-5-9-17(14)26-20)11-28-18-10-6-4-8-16(18)22/h3-10H,11H2,1-2H3,(H,23,25). The number of hydrogen-bond donors (Lipinski definition) is 1. The van der Waals surface area contributed by atoms with Gasteiger partial charge in [0.2, 0.25) is 0 Å². The Kier molecular flexibility index (Phi) is 4.92. The van der Waals surface area contributed by atoms with Crippen LogP contribution in [0.3, 0.4) is 0 Å². The molecule has 0 aliphatic carbocycles. The summed E-state index contributed by atoms with van der Waals surface area (Å²) in [6.45, 7) is 3.48. The lowest BCUT2D eigenvalue weighted by Crippen LogP contribution is -2.13. The van der Waals surface area contributed by atoms with Crippen LogP contribution in [0.5, 0.6) is 0 Å². The highest BCUT2D eigenvalue weighted by Gasteiger charge is 2.23. The van der Waals surface area contributed by atoms with Gasteiger partial charge in [0.1, 0.15) is 22.8 Å². The summed E-state index contributed by atoms with van der Waals surface area (Å²) < 4.78 is 24.9. The number of carbonyl (C=O) groups excluding carboxylic acids is 1. The first-order valence-corrected chi connectivity index (χ1v) is 9.65. The predicted molar refractivity (Wildman–Crippen MR) is 106 cm³/mol. The number of halogens is 1. The summed E-state index contributed by atoms with van der Waals surface area (Å²) >= 11 is 1.32. The number of furan rings is 1. The zero-order valence-corrected chi connectivity index (χ0v) is 16.1. The third-order valence-electron chi connectivity index (χ3n) is 4.39. The Morgan fingerprint density at radius 1 is 1.14 bits per heavy atom. The van der Waals surface area contributed by atoms with Crippen LogP contribution >= 0.6 is 11.8 Å². The molecule has 0 saturated carbocycles. The van der Waals surface area contributed by atoms with E-state index >= 15 is 0 Å². The summed E-state index contributed by atoms with van der Waals surface area (Å²) in [7, 11) is 0. The molecular formula is C21H17FN2O3S. The van der Waals surface area contributed by atoms with Gasteiger partial charge < -0.3 is 14.3 Å². The zero-order chi connectivity index (χ0) is 19.7. The number of rotatable bonds is 5. The molecule has 2 aromatic carbocycles. The lowest BCUT2D eigenvalue weighted by molar-refractivity contribution is 0.0997. The lowest BCUT2D eigenvalue weighted by Gasteiger charge is -2.06. The number of aryl methyl sites for hydroxylation is 2. The van der Waals surface area contributed by atoms with Crippen LogP contribution in [0.4, 0.5) is 10.1 Å². The molecule has 0 bridgehead atoms. The fourth-order valence-corrected chi connectivity index (χ4v) is 3.94. The molecule has 1 N–H and O–H groups in total. The maximum atomic E-state index is 14.0. The van der Waals surface area contributed by atoms with E-state index < -0.39 is 5.91 Å². The van der Waals surface area contributed by atoms with Gasteiger partial charge in [-0.25, -0.2) is 4.39 Å². The van der Waals surface area contributed by atoms with E-state index in [1.807, 2.05) is 18.2 Å². The van der Waals surface area contributed by atoms with Crippen molar-refractivity contribution >= 4 is 34.3 Å². The number of para-hydroxylation sites is 1. The summed E-state index contributed by atoms with van der Waals surface area (Å²) in [6.07, 6.45) is 0. The van der Waals surface area contributed by atoms with E-state index in [-0.39, 0.29) is 11.6 Å². The molecule has 0 saturated heterocycles. The zero-order valence-electron chi connectivity index (χ0n) is 15.3. The van der Waals surface area contributed by atoms with E-state index in [1.54, 1.807) is 38.1 Å². The van der Waals surface area contributed by atoms with Crippen LogP contribution in [-0.4, -0.2) is 11.1 Å². The second-order valence-corrected chi connectivity index (χ2v) is 7.30. The molecular weight excluding hydrogens is 379 g/mol. The number of thioether (sulfide) groups is 1. The third kappa shape index (κ3) is 3.41. The van der Waals surface area contributed by atoms with Crippen molar-refractivity contribution in [3.05, 3.63) is 77.1 Å². The molecule has 0 unspecified atom stereocenters. The second-order valence-electron chi connectivity index (χ2n) is 6.28. The highest BCUT2D eigenvalue weighted by atomic mass is 32.2. The van der Waals surface area contributed by atoms with Gasteiger partial charge in [0.15, 0.2) is 11.5 Å². The number of nitrogens with zero attached hydrogens (tertiary/aromatic N) is 1. The van der Waals surface area contributed by atoms with Gasteiger partial charge in [-0.1, -0.05) is 35.5 Å². The van der Waals surface area contributed by atoms with Crippen LogP contribution in [0.1, 0.15) is 27.6 Å². The fraction of sp³-hybridized carbons (Fsp3) is 0.143. The van der Waals surface area contributed by atoms with Crippen molar-refractivity contribution < 1.29 is 18.1 Å². The van der Waals surface area contributed by atoms with Gasteiger partial charge in [0.25, 0.3) is 5.91 Å². The molecule has 0 aliphatic heterocycles. The smallest absolute Gasteiger partial charge is 0.291 e. The van der Waals surface area contributed by atoms with Crippen molar-refractivity contribution in [3.8, 4) is 0 Å². The van der Waals surface area contributed by atoms with Crippen molar-refractivity contribution in [2.45, 2.75) is 24.5 Å². The number of carbonyl (C=O) groups is 1. The second kappa shape index (κ2) is 7.52. The van der Waals surface area contributed by atoms with Crippen LogP contribution in [0.15, 0.2) is 62.4 Å². The van der Waals surface area contributed by atoms with Crippen LogP contribution in [0.25, 0.3) is 11.0 Å². The van der Waals surface area contributed by atoms with Gasteiger partial charge in [-0.3, -0.25) is 4.79 Å². The molecule has 0 spiro atoms. The van der Waals surface area contributed by atoms with E-state index in [2.05, 4.69) is 10.5 Å². The van der Waals surface area contributed by atoms with Crippen LogP contribution < -0.4 is 5.32 Å². The normalized spacial score (nSPS) is 11.1. The van der Waals surface area contributed by atoms with E-state index in [4.69, 9.17) is 8.94 Å². The van der Waals surface area contributed by atoms with Crippen LogP contribution in [0.2, 0.25) is 0 Å². The number of aromatic nitrogens is 1. The Balaban J connectivity index is 1.69.